The Labute approximate surface area is 120 Å². The molecule has 0 aliphatic heterocycles. The third-order valence-corrected chi connectivity index (χ3v) is 2.83. The Balaban J connectivity index is 1.92. The molecule has 1 N–H and O–H groups in total. The fraction of sp³-hybridized carbons (Fsp3) is 0.286. The number of halogens is 3. The summed E-state index contributed by atoms with van der Waals surface area (Å²) in [5, 5.41) is 10.9. The highest BCUT2D eigenvalue weighted by Gasteiger charge is 2.30. The maximum Gasteiger partial charge on any atom is 0.573 e. The van der Waals surface area contributed by atoms with E-state index in [0.717, 1.165) is 11.3 Å². The van der Waals surface area contributed by atoms with E-state index < -0.39 is 6.36 Å². The molecule has 7 heteroatoms. The van der Waals surface area contributed by atoms with E-state index in [2.05, 4.69) is 20.3 Å². The predicted molar refractivity (Wildman–Crippen MR) is 70.4 cm³/mol. The van der Waals surface area contributed by atoms with E-state index in [9.17, 15) is 13.2 Å². The number of hydrogen-bond acceptors (Lipinski definition) is 4. The Kier molecular flexibility index (Phi) is 4.74. The molecule has 0 amide bonds. The molecule has 0 saturated carbocycles. The third-order valence-electron chi connectivity index (χ3n) is 2.83. The van der Waals surface area contributed by atoms with E-state index in [4.69, 9.17) is 0 Å². The summed E-state index contributed by atoms with van der Waals surface area (Å²) in [4.78, 5) is 0. The van der Waals surface area contributed by atoms with Gasteiger partial charge in [0.25, 0.3) is 0 Å². The van der Waals surface area contributed by atoms with Gasteiger partial charge >= 0.3 is 6.36 Å². The molecule has 0 fully saturated rings. The van der Waals surface area contributed by atoms with Gasteiger partial charge in [0, 0.05) is 18.8 Å². The molecule has 2 aromatic rings. The van der Waals surface area contributed by atoms with Gasteiger partial charge in [0.15, 0.2) is 0 Å². The van der Waals surface area contributed by atoms with Crippen LogP contribution in [-0.2, 0) is 6.54 Å². The van der Waals surface area contributed by atoms with Gasteiger partial charge in [-0.25, -0.2) is 0 Å². The van der Waals surface area contributed by atoms with E-state index in [0.29, 0.717) is 6.54 Å². The van der Waals surface area contributed by atoms with E-state index in [1.807, 2.05) is 13.0 Å². The highest BCUT2D eigenvalue weighted by atomic mass is 19.4. The van der Waals surface area contributed by atoms with Crippen molar-refractivity contribution in [3.05, 3.63) is 53.9 Å². The Morgan fingerprint density at radius 3 is 2.48 bits per heavy atom. The lowest BCUT2D eigenvalue weighted by atomic mass is 10.1. The number of aromatic nitrogens is 2. The standard InChI is InChI=1S/C14H14F3N3O/c1-10(18-9-12-3-2-8-19-20-12)11-4-6-13(7-5-11)21-14(15,16)17/h2-8,10,18H,9H2,1H3. The Bertz CT molecular complexity index is 558. The van der Waals surface area contributed by atoms with Gasteiger partial charge < -0.3 is 10.1 Å². The van der Waals surface area contributed by atoms with E-state index in [-0.39, 0.29) is 11.8 Å². The summed E-state index contributed by atoms with van der Waals surface area (Å²) in [6, 6.07) is 9.37. The first kappa shape index (κ1) is 15.2. The van der Waals surface area contributed by atoms with Crippen molar-refractivity contribution >= 4 is 0 Å². The van der Waals surface area contributed by atoms with Crippen molar-refractivity contribution in [1.29, 1.82) is 0 Å². The molecule has 112 valence electrons. The zero-order valence-corrected chi connectivity index (χ0v) is 11.3. The molecule has 0 aliphatic carbocycles. The van der Waals surface area contributed by atoms with Gasteiger partial charge in [0.2, 0.25) is 0 Å². The van der Waals surface area contributed by atoms with Crippen molar-refractivity contribution in [3.63, 3.8) is 0 Å². The largest absolute Gasteiger partial charge is 0.573 e. The zero-order chi connectivity index (χ0) is 15.3. The van der Waals surface area contributed by atoms with Gasteiger partial charge in [-0.05, 0) is 36.8 Å². The van der Waals surface area contributed by atoms with E-state index in [1.165, 1.54) is 12.1 Å². The maximum absolute atomic E-state index is 12.1. The SMILES string of the molecule is CC(NCc1cccnn1)c1ccc(OC(F)(F)F)cc1. The van der Waals surface area contributed by atoms with Crippen LogP contribution < -0.4 is 10.1 Å². The third kappa shape index (κ3) is 5.03. The summed E-state index contributed by atoms with van der Waals surface area (Å²) in [7, 11) is 0. The summed E-state index contributed by atoms with van der Waals surface area (Å²) >= 11 is 0. The van der Waals surface area contributed by atoms with Crippen molar-refractivity contribution in [2.45, 2.75) is 25.9 Å². The summed E-state index contributed by atoms with van der Waals surface area (Å²) < 4.78 is 40.0. The lowest BCUT2D eigenvalue weighted by Crippen LogP contribution is -2.19. The molecular formula is C14H14F3N3O. The molecule has 0 spiro atoms. The Hall–Kier alpha value is -2.15. The smallest absolute Gasteiger partial charge is 0.406 e. The highest BCUT2D eigenvalue weighted by Crippen LogP contribution is 2.24. The maximum atomic E-state index is 12.1. The number of benzene rings is 1. The van der Waals surface area contributed by atoms with Crippen molar-refractivity contribution in [1.82, 2.24) is 15.5 Å². The first-order valence-corrected chi connectivity index (χ1v) is 6.30. The van der Waals surface area contributed by atoms with E-state index in [1.54, 1.807) is 24.4 Å². The number of hydrogen-bond donors (Lipinski definition) is 1. The van der Waals surface area contributed by atoms with Crippen molar-refractivity contribution in [2.24, 2.45) is 0 Å². The second kappa shape index (κ2) is 6.53. The monoisotopic (exact) mass is 297 g/mol. The molecule has 0 radical (unpaired) electrons. The van der Waals surface area contributed by atoms with E-state index >= 15 is 0 Å². The Morgan fingerprint density at radius 1 is 1.19 bits per heavy atom. The van der Waals surface area contributed by atoms with Crippen LogP contribution in [-0.4, -0.2) is 16.6 Å². The van der Waals surface area contributed by atoms with Crippen LogP contribution in [0.3, 0.4) is 0 Å². The van der Waals surface area contributed by atoms with Crippen LogP contribution in [0.15, 0.2) is 42.6 Å². The quantitative estimate of drug-likeness (QED) is 0.920. The van der Waals surface area contributed by atoms with Crippen molar-refractivity contribution in [2.75, 3.05) is 0 Å². The number of nitrogens with one attached hydrogen (secondary N) is 1. The fourth-order valence-corrected chi connectivity index (χ4v) is 1.76. The fourth-order valence-electron chi connectivity index (χ4n) is 1.76. The second-order valence-corrected chi connectivity index (χ2v) is 4.43. The summed E-state index contributed by atoms with van der Waals surface area (Å²) in [6.45, 7) is 2.44. The minimum absolute atomic E-state index is 0.0352. The van der Waals surface area contributed by atoms with Gasteiger partial charge in [-0.1, -0.05) is 12.1 Å². The lowest BCUT2D eigenvalue weighted by molar-refractivity contribution is -0.274. The molecular weight excluding hydrogens is 283 g/mol. The number of rotatable bonds is 5. The van der Waals surface area contributed by atoms with Gasteiger partial charge in [-0.3, -0.25) is 0 Å². The molecule has 4 nitrogen and oxygen atoms in total. The Morgan fingerprint density at radius 2 is 1.90 bits per heavy atom. The van der Waals surface area contributed by atoms with Crippen molar-refractivity contribution in [3.8, 4) is 5.75 Å². The lowest BCUT2D eigenvalue weighted by Gasteiger charge is -2.15. The van der Waals surface area contributed by atoms with Crippen LogP contribution in [0.1, 0.15) is 24.2 Å². The molecule has 1 atom stereocenters. The minimum atomic E-state index is -4.67. The van der Waals surface area contributed by atoms with Crippen LogP contribution in [0.5, 0.6) is 5.75 Å². The molecule has 2 rings (SSSR count). The molecule has 1 aromatic heterocycles. The first-order valence-electron chi connectivity index (χ1n) is 6.30. The van der Waals surface area contributed by atoms with Gasteiger partial charge in [0.1, 0.15) is 5.75 Å². The molecule has 0 aliphatic rings. The molecule has 0 saturated heterocycles. The van der Waals surface area contributed by atoms with Crippen LogP contribution in [0.4, 0.5) is 13.2 Å². The number of nitrogens with zero attached hydrogens (tertiary/aromatic N) is 2. The van der Waals surface area contributed by atoms with Gasteiger partial charge in [-0.15, -0.1) is 13.2 Å². The zero-order valence-electron chi connectivity index (χ0n) is 11.3. The first-order chi connectivity index (χ1) is 9.94. The van der Waals surface area contributed by atoms with Crippen LogP contribution in [0, 0.1) is 0 Å². The van der Waals surface area contributed by atoms with Gasteiger partial charge in [-0.2, -0.15) is 10.2 Å². The topological polar surface area (TPSA) is 47.0 Å². The average Bonchev–Trinajstić information content (AvgIpc) is 2.45. The number of ether oxygens (including phenoxy) is 1. The van der Waals surface area contributed by atoms with Crippen LogP contribution in [0.25, 0.3) is 0 Å². The average molecular weight is 297 g/mol. The number of alkyl halides is 3. The van der Waals surface area contributed by atoms with Crippen LogP contribution in [0.2, 0.25) is 0 Å². The second-order valence-electron chi connectivity index (χ2n) is 4.43. The predicted octanol–water partition coefficient (Wildman–Crippen LogP) is 3.23. The molecule has 1 unspecified atom stereocenters. The summed E-state index contributed by atoms with van der Waals surface area (Å²) in [5.74, 6) is -0.229. The highest BCUT2D eigenvalue weighted by molar-refractivity contribution is 5.29. The molecule has 1 aromatic carbocycles. The van der Waals surface area contributed by atoms with Gasteiger partial charge in [0.05, 0.1) is 5.69 Å². The van der Waals surface area contributed by atoms with Crippen LogP contribution >= 0.6 is 0 Å². The molecule has 1 heterocycles. The summed E-state index contributed by atoms with van der Waals surface area (Å²) in [5.41, 5.74) is 1.65. The molecule has 0 bridgehead atoms. The minimum Gasteiger partial charge on any atom is -0.406 e. The normalized spacial score (nSPS) is 13.0. The molecule has 21 heavy (non-hydrogen) atoms. The summed E-state index contributed by atoms with van der Waals surface area (Å²) in [6.07, 6.45) is -3.08. The van der Waals surface area contributed by atoms with Crippen molar-refractivity contribution < 1.29 is 17.9 Å².